The van der Waals surface area contributed by atoms with Crippen LogP contribution in [0.3, 0.4) is 0 Å². The van der Waals surface area contributed by atoms with Crippen molar-refractivity contribution in [2.24, 2.45) is 4.99 Å². The van der Waals surface area contributed by atoms with Crippen LogP contribution in [0.1, 0.15) is 46.1 Å². The lowest BCUT2D eigenvalue weighted by molar-refractivity contribution is -0.137. The van der Waals surface area contributed by atoms with Crippen molar-refractivity contribution in [2.75, 3.05) is 29.2 Å². The minimum Gasteiger partial charge on any atom is -0.363 e. The Hall–Kier alpha value is -4.43. The number of aliphatic imine (C=N–C) groups is 1. The number of halogens is 3. The Bertz CT molecular complexity index is 1570. The molecule has 2 amide bonds. The molecule has 0 radical (unpaired) electrons. The van der Waals surface area contributed by atoms with E-state index >= 15 is 0 Å². The summed E-state index contributed by atoms with van der Waals surface area (Å²) in [6, 6.07) is 8.31. The first-order chi connectivity index (χ1) is 19.5. The number of alkyl halides is 3. The number of nitrogens with one attached hydrogen (secondary N) is 4. The number of aromatic nitrogens is 1. The van der Waals surface area contributed by atoms with Gasteiger partial charge in [0.25, 0.3) is 5.91 Å². The van der Waals surface area contributed by atoms with Crippen molar-refractivity contribution < 1.29 is 22.8 Å². The van der Waals surface area contributed by atoms with Gasteiger partial charge in [0.15, 0.2) is 5.13 Å². The molecule has 214 valence electrons. The first-order valence-electron chi connectivity index (χ1n) is 12.7. The van der Waals surface area contributed by atoms with Gasteiger partial charge in [-0.3, -0.25) is 14.6 Å². The molecule has 0 bridgehead atoms. The first kappa shape index (κ1) is 28.1. The molecule has 1 aromatic heterocycles. The second-order valence-electron chi connectivity index (χ2n) is 9.64. The molecule has 5 rings (SSSR count). The number of nitrogens with zero attached hydrogens (tertiary/aromatic N) is 4. The van der Waals surface area contributed by atoms with Crippen molar-refractivity contribution in [1.82, 2.24) is 20.8 Å². The third-order valence-electron chi connectivity index (χ3n) is 6.45. The largest absolute Gasteiger partial charge is 0.416 e. The Morgan fingerprint density at radius 1 is 1.15 bits per heavy atom. The number of amides is 2. The van der Waals surface area contributed by atoms with Crippen molar-refractivity contribution >= 4 is 56.9 Å². The van der Waals surface area contributed by atoms with Crippen LogP contribution in [-0.4, -0.2) is 41.1 Å². The average Bonchev–Trinajstić information content (AvgIpc) is 3.65. The third-order valence-corrected chi connectivity index (χ3v) is 7.40. The number of thiazole rings is 1. The molecule has 41 heavy (non-hydrogen) atoms. The lowest BCUT2D eigenvalue weighted by atomic mass is 10.1. The van der Waals surface area contributed by atoms with Gasteiger partial charge in [-0.25, -0.2) is 9.98 Å². The number of carbonyl (C=O) groups excluding carboxylic acids is 2. The molecule has 3 aromatic rings. The van der Waals surface area contributed by atoms with Gasteiger partial charge in [-0.1, -0.05) is 17.4 Å². The van der Waals surface area contributed by atoms with Gasteiger partial charge in [-0.2, -0.15) is 13.2 Å². The van der Waals surface area contributed by atoms with Crippen LogP contribution in [0, 0.1) is 6.92 Å². The maximum absolute atomic E-state index is 13.7. The van der Waals surface area contributed by atoms with Gasteiger partial charge >= 0.3 is 6.18 Å². The highest BCUT2D eigenvalue weighted by atomic mass is 32.1. The predicted octanol–water partition coefficient (Wildman–Crippen LogP) is 5.26. The topological polar surface area (TPSA) is 114 Å². The third kappa shape index (κ3) is 6.49. The first-order valence-corrected chi connectivity index (χ1v) is 13.5. The second-order valence-corrected chi connectivity index (χ2v) is 10.7. The number of hydrogen-bond acceptors (Lipinski definition) is 8. The van der Waals surface area contributed by atoms with E-state index in [9.17, 15) is 22.8 Å². The van der Waals surface area contributed by atoms with Crippen molar-refractivity contribution in [1.29, 1.82) is 0 Å². The van der Waals surface area contributed by atoms with Crippen molar-refractivity contribution in [3.05, 3.63) is 70.4 Å². The molecule has 0 atom stereocenters. The van der Waals surface area contributed by atoms with Gasteiger partial charge in [0, 0.05) is 50.6 Å². The predicted molar refractivity (Wildman–Crippen MR) is 153 cm³/mol. The number of aryl methyl sites for hydroxylation is 1. The van der Waals surface area contributed by atoms with Crippen LogP contribution >= 0.6 is 11.3 Å². The molecule has 2 aliphatic heterocycles. The van der Waals surface area contributed by atoms with Crippen molar-refractivity contribution in [2.45, 2.75) is 32.9 Å². The minimum atomic E-state index is -4.60. The molecule has 2 aliphatic rings. The highest BCUT2D eigenvalue weighted by molar-refractivity contribution is 7.16. The van der Waals surface area contributed by atoms with Gasteiger partial charge in [-0.05, 0) is 49.2 Å². The normalized spacial score (nSPS) is 16.1. The van der Waals surface area contributed by atoms with E-state index in [0.717, 1.165) is 35.5 Å². The summed E-state index contributed by atoms with van der Waals surface area (Å²) in [4.78, 5) is 35.8. The maximum Gasteiger partial charge on any atom is 0.416 e. The molecule has 4 N–H and O–H groups in total. The van der Waals surface area contributed by atoms with Gasteiger partial charge in [0.05, 0.1) is 27.5 Å². The molecule has 0 saturated carbocycles. The van der Waals surface area contributed by atoms with Crippen molar-refractivity contribution in [3.63, 3.8) is 0 Å². The number of anilines is 3. The lowest BCUT2D eigenvalue weighted by Crippen LogP contribution is -2.36. The highest BCUT2D eigenvalue weighted by Gasteiger charge is 2.32. The minimum absolute atomic E-state index is 0.00438. The zero-order chi connectivity index (χ0) is 29.3. The van der Waals surface area contributed by atoms with E-state index in [1.54, 1.807) is 35.6 Å². The standard InChI is InChI=1S/C27H27F3N8O2S/c1-15-6-7-17(9-22(15)38-14-21(35-36-38)23-13-31-26(41-23)32-16(2)39)25(40)34-20-11-18(27(28,29)30)10-19(12-20)33-24-5-4-8-37(24)3/h6-7,9-14,35-36H,4-5,8H2,1-3H3,(H,34,40)(H,31,32,39). The number of rotatable bonds is 6. The summed E-state index contributed by atoms with van der Waals surface area (Å²) in [7, 11) is 1.85. The number of hydrogen-bond donors (Lipinski definition) is 4. The molecule has 1 saturated heterocycles. The van der Waals surface area contributed by atoms with Crippen LogP contribution in [0.2, 0.25) is 0 Å². The summed E-state index contributed by atoms with van der Waals surface area (Å²) < 4.78 is 41.0. The number of likely N-dealkylation sites (tertiary alicyclic amines) is 1. The quantitative estimate of drug-likeness (QED) is 0.312. The summed E-state index contributed by atoms with van der Waals surface area (Å²) in [5.74, 6) is -0.0877. The summed E-state index contributed by atoms with van der Waals surface area (Å²) >= 11 is 1.29. The highest BCUT2D eigenvalue weighted by Crippen LogP contribution is 2.35. The van der Waals surface area contributed by atoms with Crippen LogP contribution in [0.25, 0.3) is 5.70 Å². The fourth-order valence-corrected chi connectivity index (χ4v) is 5.21. The van der Waals surface area contributed by atoms with Crippen LogP contribution in [0.15, 0.2) is 53.8 Å². The van der Waals surface area contributed by atoms with Crippen LogP contribution < -0.4 is 26.6 Å². The van der Waals surface area contributed by atoms with Crippen LogP contribution in [0.5, 0.6) is 0 Å². The zero-order valence-electron chi connectivity index (χ0n) is 22.4. The molecule has 0 aliphatic carbocycles. The van der Waals surface area contributed by atoms with Gasteiger partial charge in [0.2, 0.25) is 5.91 Å². The van der Waals surface area contributed by atoms with Crippen LogP contribution in [-0.2, 0) is 11.0 Å². The van der Waals surface area contributed by atoms with E-state index in [1.165, 1.54) is 24.3 Å². The molecule has 10 nitrogen and oxygen atoms in total. The van der Waals surface area contributed by atoms with Gasteiger partial charge in [-0.15, -0.1) is 5.53 Å². The summed E-state index contributed by atoms with van der Waals surface area (Å²) in [6.45, 7) is 4.06. The summed E-state index contributed by atoms with van der Waals surface area (Å²) in [5.41, 5.74) is 7.70. The number of carbonyl (C=O) groups is 2. The van der Waals surface area contributed by atoms with E-state index in [1.807, 2.05) is 18.9 Å². The number of hydrazine groups is 2. The fourth-order valence-electron chi connectivity index (χ4n) is 4.39. The zero-order valence-corrected chi connectivity index (χ0v) is 23.2. The van der Waals surface area contributed by atoms with Gasteiger partial charge < -0.3 is 21.0 Å². The molecule has 0 unspecified atom stereocenters. The summed E-state index contributed by atoms with van der Waals surface area (Å²) in [5, 5.41) is 7.38. The Morgan fingerprint density at radius 2 is 1.95 bits per heavy atom. The molecule has 2 aromatic carbocycles. The Morgan fingerprint density at radius 3 is 2.66 bits per heavy atom. The molecular weight excluding hydrogens is 557 g/mol. The smallest absolute Gasteiger partial charge is 0.363 e. The Kier molecular flexibility index (Phi) is 7.69. The van der Waals surface area contributed by atoms with E-state index in [-0.39, 0.29) is 22.8 Å². The monoisotopic (exact) mass is 584 g/mol. The molecule has 14 heteroatoms. The molecule has 0 spiro atoms. The molecular formula is C27H27F3N8O2S. The second kappa shape index (κ2) is 11.2. The maximum atomic E-state index is 13.7. The van der Waals surface area contributed by atoms with Crippen LogP contribution in [0.4, 0.5) is 35.4 Å². The van der Waals surface area contributed by atoms with E-state index in [4.69, 9.17) is 0 Å². The van der Waals surface area contributed by atoms with E-state index in [0.29, 0.717) is 28.8 Å². The average molecular weight is 585 g/mol. The fraction of sp³-hybridized carbons (Fsp3) is 0.259. The van der Waals surface area contributed by atoms with E-state index in [2.05, 4.69) is 31.6 Å². The lowest BCUT2D eigenvalue weighted by Gasteiger charge is -2.19. The van der Waals surface area contributed by atoms with Crippen molar-refractivity contribution in [3.8, 4) is 0 Å². The van der Waals surface area contributed by atoms with E-state index < -0.39 is 17.6 Å². The summed E-state index contributed by atoms with van der Waals surface area (Å²) in [6.07, 6.45) is 0.347. The number of amidine groups is 1. The van der Waals surface area contributed by atoms with Gasteiger partial charge in [0.1, 0.15) is 5.84 Å². The molecule has 1 fully saturated rings. The molecule has 3 heterocycles. The Balaban J connectivity index is 1.38. The SMILES string of the molecule is CC(=O)Nc1ncc(C2=CN(c3cc(C(=O)Nc4cc(N=C5CCCN5C)cc(C(F)(F)F)c4)ccc3C)NN2)s1. The number of benzene rings is 2. The Labute approximate surface area is 237 Å².